The summed E-state index contributed by atoms with van der Waals surface area (Å²) in [5.74, 6) is -11.6. The Balaban J connectivity index is 3.42. The molecule has 0 saturated heterocycles. The van der Waals surface area contributed by atoms with Gasteiger partial charge in [-0.3, -0.25) is 0 Å². The van der Waals surface area contributed by atoms with Crippen LogP contribution in [0.1, 0.15) is 25.5 Å². The highest BCUT2D eigenvalue weighted by Gasteiger charge is 2.33. The Morgan fingerprint density at radius 3 is 1.58 bits per heavy atom. The summed E-state index contributed by atoms with van der Waals surface area (Å²) in [5.41, 5.74) is 4.12. The van der Waals surface area contributed by atoms with Crippen molar-refractivity contribution in [3.63, 3.8) is 0 Å². The molecule has 0 bridgehead atoms. The standard InChI is InChI=1S/C12H14F5NO/c1-4(2)5(3-18)12(19)6-7(13)9(15)11(17)10(16)8(6)14/h4-5,12,19H,3,18H2,1-2H3. The predicted molar refractivity (Wildman–Crippen MR) is 58.6 cm³/mol. The normalized spacial score (nSPS) is 14.8. The summed E-state index contributed by atoms with van der Waals surface area (Å²) in [6.45, 7) is 3.08. The minimum atomic E-state index is -2.25. The van der Waals surface area contributed by atoms with E-state index in [1.807, 2.05) is 0 Å². The molecule has 0 aliphatic heterocycles. The maximum atomic E-state index is 13.5. The third-order valence-electron chi connectivity index (χ3n) is 3.07. The van der Waals surface area contributed by atoms with E-state index in [1.54, 1.807) is 13.8 Å². The molecule has 0 heterocycles. The van der Waals surface area contributed by atoms with Gasteiger partial charge in [0.15, 0.2) is 23.3 Å². The fraction of sp³-hybridized carbons (Fsp3) is 0.500. The highest BCUT2D eigenvalue weighted by molar-refractivity contribution is 5.26. The lowest BCUT2D eigenvalue weighted by Crippen LogP contribution is -2.28. The van der Waals surface area contributed by atoms with E-state index in [4.69, 9.17) is 5.73 Å². The highest BCUT2D eigenvalue weighted by atomic mass is 19.2. The number of nitrogens with two attached hydrogens (primary N) is 1. The lowest BCUT2D eigenvalue weighted by atomic mass is 9.86. The molecule has 19 heavy (non-hydrogen) atoms. The SMILES string of the molecule is CC(C)C(CN)C(O)c1c(F)c(F)c(F)c(F)c1F. The van der Waals surface area contributed by atoms with Crippen LogP contribution < -0.4 is 5.73 Å². The molecule has 0 aromatic heterocycles. The number of hydrogen-bond acceptors (Lipinski definition) is 2. The molecule has 2 unspecified atom stereocenters. The molecule has 2 nitrogen and oxygen atoms in total. The van der Waals surface area contributed by atoms with E-state index in [9.17, 15) is 27.1 Å². The molecular formula is C12H14F5NO. The van der Waals surface area contributed by atoms with Gasteiger partial charge in [0.2, 0.25) is 5.82 Å². The van der Waals surface area contributed by atoms with Crippen LogP contribution in [0.3, 0.4) is 0 Å². The molecular weight excluding hydrogens is 269 g/mol. The van der Waals surface area contributed by atoms with Crippen LogP contribution in [0.5, 0.6) is 0 Å². The summed E-state index contributed by atoms with van der Waals surface area (Å²) < 4.78 is 65.9. The van der Waals surface area contributed by atoms with Crippen LogP contribution in [0.25, 0.3) is 0 Å². The van der Waals surface area contributed by atoms with Crippen LogP contribution in [-0.2, 0) is 0 Å². The van der Waals surface area contributed by atoms with Crippen LogP contribution in [0, 0.1) is 40.9 Å². The molecule has 3 N–H and O–H groups in total. The van der Waals surface area contributed by atoms with Gasteiger partial charge < -0.3 is 10.8 Å². The van der Waals surface area contributed by atoms with Gasteiger partial charge in [0.05, 0.1) is 11.7 Å². The van der Waals surface area contributed by atoms with Gasteiger partial charge in [0.25, 0.3) is 0 Å². The minimum absolute atomic E-state index is 0.154. The topological polar surface area (TPSA) is 46.2 Å². The third-order valence-corrected chi connectivity index (χ3v) is 3.07. The smallest absolute Gasteiger partial charge is 0.200 e. The summed E-state index contributed by atoms with van der Waals surface area (Å²) >= 11 is 0. The second kappa shape index (κ2) is 5.83. The zero-order chi connectivity index (χ0) is 14.9. The Morgan fingerprint density at radius 2 is 1.26 bits per heavy atom. The largest absolute Gasteiger partial charge is 0.388 e. The quantitative estimate of drug-likeness (QED) is 0.507. The molecule has 7 heteroatoms. The first kappa shape index (κ1) is 15.8. The molecule has 1 aromatic carbocycles. The lowest BCUT2D eigenvalue weighted by Gasteiger charge is -2.26. The molecule has 0 aliphatic carbocycles. The second-order valence-corrected chi connectivity index (χ2v) is 4.57. The maximum Gasteiger partial charge on any atom is 0.200 e. The molecule has 1 rings (SSSR count). The zero-order valence-corrected chi connectivity index (χ0v) is 10.4. The van der Waals surface area contributed by atoms with Crippen molar-refractivity contribution in [2.24, 2.45) is 17.6 Å². The van der Waals surface area contributed by atoms with Crippen LogP contribution >= 0.6 is 0 Å². The number of benzene rings is 1. The number of aliphatic hydroxyl groups is 1. The van der Waals surface area contributed by atoms with Crippen LogP contribution in [0.2, 0.25) is 0 Å². The summed E-state index contributed by atoms with van der Waals surface area (Å²) in [5, 5.41) is 9.84. The van der Waals surface area contributed by atoms with Crippen LogP contribution in [-0.4, -0.2) is 11.7 Å². The number of halogens is 5. The van der Waals surface area contributed by atoms with Crippen molar-refractivity contribution in [3.05, 3.63) is 34.6 Å². The first-order valence-electron chi connectivity index (χ1n) is 5.63. The molecule has 1 aromatic rings. The van der Waals surface area contributed by atoms with E-state index < -0.39 is 46.7 Å². The van der Waals surface area contributed by atoms with Gasteiger partial charge in [-0.1, -0.05) is 13.8 Å². The maximum absolute atomic E-state index is 13.5. The first-order chi connectivity index (χ1) is 8.73. The molecule has 0 saturated carbocycles. The van der Waals surface area contributed by atoms with E-state index in [2.05, 4.69) is 0 Å². The molecule has 0 fully saturated rings. The van der Waals surface area contributed by atoms with Gasteiger partial charge in [-0.15, -0.1) is 0 Å². The number of rotatable bonds is 4. The summed E-state index contributed by atoms with van der Waals surface area (Å²) in [4.78, 5) is 0. The van der Waals surface area contributed by atoms with Gasteiger partial charge in [-0.25, -0.2) is 22.0 Å². The number of aliphatic hydroxyl groups excluding tert-OH is 1. The monoisotopic (exact) mass is 283 g/mol. The fourth-order valence-corrected chi connectivity index (χ4v) is 1.86. The predicted octanol–water partition coefficient (Wildman–Crippen LogP) is 2.65. The summed E-state index contributed by atoms with van der Waals surface area (Å²) in [6, 6.07) is 0. The average molecular weight is 283 g/mol. The second-order valence-electron chi connectivity index (χ2n) is 4.57. The van der Waals surface area contributed by atoms with Crippen molar-refractivity contribution in [1.82, 2.24) is 0 Å². The minimum Gasteiger partial charge on any atom is -0.388 e. The zero-order valence-electron chi connectivity index (χ0n) is 10.4. The van der Waals surface area contributed by atoms with Gasteiger partial charge in [-0.2, -0.15) is 0 Å². The van der Waals surface area contributed by atoms with Crippen molar-refractivity contribution in [2.45, 2.75) is 20.0 Å². The van der Waals surface area contributed by atoms with Crippen LogP contribution in [0.15, 0.2) is 0 Å². The van der Waals surface area contributed by atoms with Gasteiger partial charge in [-0.05, 0) is 12.5 Å². The molecule has 0 radical (unpaired) electrons. The summed E-state index contributed by atoms with van der Waals surface area (Å²) in [6.07, 6.45) is -1.87. The van der Waals surface area contributed by atoms with E-state index in [0.717, 1.165) is 0 Å². The van der Waals surface area contributed by atoms with Crippen LogP contribution in [0.4, 0.5) is 22.0 Å². The van der Waals surface area contributed by atoms with E-state index in [-0.39, 0.29) is 12.5 Å². The first-order valence-corrected chi connectivity index (χ1v) is 5.63. The van der Waals surface area contributed by atoms with Gasteiger partial charge in [0, 0.05) is 5.92 Å². The molecule has 0 amide bonds. The molecule has 0 spiro atoms. The Labute approximate surface area is 107 Å². The van der Waals surface area contributed by atoms with Crippen molar-refractivity contribution < 1.29 is 27.1 Å². The molecule has 108 valence electrons. The Hall–Kier alpha value is -1.21. The van der Waals surface area contributed by atoms with E-state index in [0.29, 0.717) is 0 Å². The fourth-order valence-electron chi connectivity index (χ4n) is 1.86. The Morgan fingerprint density at radius 1 is 0.895 bits per heavy atom. The van der Waals surface area contributed by atoms with Crippen molar-refractivity contribution in [1.29, 1.82) is 0 Å². The Kier molecular flexibility index (Phi) is 4.86. The van der Waals surface area contributed by atoms with Gasteiger partial charge >= 0.3 is 0 Å². The molecule has 2 atom stereocenters. The Bertz CT molecular complexity index is 449. The number of hydrogen-bond donors (Lipinski definition) is 2. The molecule has 0 aliphatic rings. The summed E-state index contributed by atoms with van der Waals surface area (Å²) in [7, 11) is 0. The average Bonchev–Trinajstić information content (AvgIpc) is 2.34. The van der Waals surface area contributed by atoms with E-state index >= 15 is 0 Å². The van der Waals surface area contributed by atoms with E-state index in [1.165, 1.54) is 0 Å². The highest BCUT2D eigenvalue weighted by Crippen LogP contribution is 2.33. The van der Waals surface area contributed by atoms with Gasteiger partial charge in [0.1, 0.15) is 0 Å². The third kappa shape index (κ3) is 2.71. The lowest BCUT2D eigenvalue weighted by molar-refractivity contribution is 0.0771. The van der Waals surface area contributed by atoms with Crippen molar-refractivity contribution in [3.8, 4) is 0 Å². The van der Waals surface area contributed by atoms with Crippen molar-refractivity contribution in [2.75, 3.05) is 6.54 Å². The van der Waals surface area contributed by atoms with Crippen molar-refractivity contribution >= 4 is 0 Å².